The number of carbonyl (C=O) groups excluding carboxylic acids is 1. The van der Waals surface area contributed by atoms with Crippen molar-refractivity contribution >= 4 is 39.8 Å². The van der Waals surface area contributed by atoms with Crippen molar-refractivity contribution < 1.29 is 19.4 Å². The van der Waals surface area contributed by atoms with Crippen LogP contribution in [0, 0.1) is 5.92 Å². The molecule has 0 fully saturated rings. The highest BCUT2D eigenvalue weighted by molar-refractivity contribution is 9.10. The van der Waals surface area contributed by atoms with E-state index in [-0.39, 0.29) is 17.5 Å². The number of carboxylic acids is 1. The summed E-state index contributed by atoms with van der Waals surface area (Å²) in [5.74, 6) is -1.19. The van der Waals surface area contributed by atoms with Crippen LogP contribution in [0.25, 0.3) is 0 Å². The van der Waals surface area contributed by atoms with E-state index in [1.165, 1.54) is 18.3 Å². The maximum Gasteiger partial charge on any atom is 0.335 e. The molecule has 0 aliphatic carbocycles. The van der Waals surface area contributed by atoms with E-state index in [0.717, 1.165) is 4.47 Å². The Kier molecular flexibility index (Phi) is 5.87. The Balaban J connectivity index is 2.31. The van der Waals surface area contributed by atoms with Crippen molar-refractivity contribution in [3.05, 3.63) is 58.1 Å². The largest absolute Gasteiger partial charge is 0.478 e. The van der Waals surface area contributed by atoms with Gasteiger partial charge in [-0.1, -0.05) is 35.8 Å². The lowest BCUT2D eigenvalue weighted by Crippen LogP contribution is -2.15. The van der Waals surface area contributed by atoms with E-state index < -0.39 is 5.97 Å². The van der Waals surface area contributed by atoms with E-state index >= 15 is 0 Å². The Hall–Kier alpha value is -2.47. The standard InChI is InChI=1S/C18H16BrNO4/c1-11(2)18(23)24-16-7-6-14(19)8-13(16)10-20-15-5-3-4-12(9-15)17(21)22/h3-11H,1-2H3,(H,21,22). The molecule has 0 unspecified atom stereocenters. The van der Waals surface area contributed by atoms with Gasteiger partial charge in [-0.3, -0.25) is 9.79 Å². The molecule has 0 atom stereocenters. The predicted octanol–water partition coefficient (Wildman–Crippen LogP) is 4.46. The van der Waals surface area contributed by atoms with E-state index in [1.54, 1.807) is 44.2 Å². The van der Waals surface area contributed by atoms with Crippen LogP contribution in [0.2, 0.25) is 0 Å². The van der Waals surface area contributed by atoms with E-state index in [0.29, 0.717) is 17.0 Å². The number of halogens is 1. The lowest BCUT2D eigenvalue weighted by Gasteiger charge is -2.09. The zero-order chi connectivity index (χ0) is 17.7. The van der Waals surface area contributed by atoms with Crippen LogP contribution in [0.3, 0.4) is 0 Å². The van der Waals surface area contributed by atoms with Gasteiger partial charge in [-0.2, -0.15) is 0 Å². The molecule has 0 radical (unpaired) electrons. The quantitative estimate of drug-likeness (QED) is 0.465. The number of esters is 1. The topological polar surface area (TPSA) is 76.0 Å². The lowest BCUT2D eigenvalue weighted by atomic mass is 10.2. The summed E-state index contributed by atoms with van der Waals surface area (Å²) in [7, 11) is 0. The summed E-state index contributed by atoms with van der Waals surface area (Å²) in [6.45, 7) is 3.51. The van der Waals surface area contributed by atoms with Crippen LogP contribution in [0.1, 0.15) is 29.8 Å². The lowest BCUT2D eigenvalue weighted by molar-refractivity contribution is -0.137. The molecule has 2 aromatic carbocycles. The number of hydrogen-bond donors (Lipinski definition) is 1. The normalized spacial score (nSPS) is 11.0. The summed E-state index contributed by atoms with van der Waals surface area (Å²) < 4.78 is 6.18. The SMILES string of the molecule is CC(C)C(=O)Oc1ccc(Br)cc1C=Nc1cccc(C(=O)O)c1. The summed E-state index contributed by atoms with van der Waals surface area (Å²) in [5, 5.41) is 9.01. The van der Waals surface area contributed by atoms with Crippen molar-refractivity contribution in [1.82, 2.24) is 0 Å². The van der Waals surface area contributed by atoms with Crippen molar-refractivity contribution in [2.45, 2.75) is 13.8 Å². The minimum atomic E-state index is -1.01. The second kappa shape index (κ2) is 7.88. The average Bonchev–Trinajstić information content (AvgIpc) is 2.55. The highest BCUT2D eigenvalue weighted by Gasteiger charge is 2.12. The van der Waals surface area contributed by atoms with Crippen molar-refractivity contribution in [1.29, 1.82) is 0 Å². The van der Waals surface area contributed by atoms with Crippen LogP contribution >= 0.6 is 15.9 Å². The van der Waals surface area contributed by atoms with Crippen molar-refractivity contribution in [3.8, 4) is 5.75 Å². The van der Waals surface area contributed by atoms with Crippen molar-refractivity contribution in [3.63, 3.8) is 0 Å². The first-order valence-electron chi connectivity index (χ1n) is 7.25. The summed E-state index contributed by atoms with van der Waals surface area (Å²) in [6, 6.07) is 11.5. The molecule has 0 amide bonds. The number of hydrogen-bond acceptors (Lipinski definition) is 4. The molecular formula is C18H16BrNO4. The molecule has 124 valence electrons. The van der Waals surface area contributed by atoms with E-state index in [2.05, 4.69) is 20.9 Å². The highest BCUT2D eigenvalue weighted by atomic mass is 79.9. The van der Waals surface area contributed by atoms with Gasteiger partial charge in [0, 0.05) is 16.3 Å². The fourth-order valence-corrected chi connectivity index (χ4v) is 2.18. The van der Waals surface area contributed by atoms with Crippen molar-refractivity contribution in [2.24, 2.45) is 10.9 Å². The second-order valence-corrected chi connectivity index (χ2v) is 6.29. The summed E-state index contributed by atoms with van der Waals surface area (Å²) in [5.41, 5.74) is 1.26. The number of ether oxygens (including phenoxy) is 1. The monoisotopic (exact) mass is 389 g/mol. The van der Waals surface area contributed by atoms with Gasteiger partial charge in [0.25, 0.3) is 0 Å². The summed E-state index contributed by atoms with van der Waals surface area (Å²) in [6.07, 6.45) is 1.54. The summed E-state index contributed by atoms with van der Waals surface area (Å²) in [4.78, 5) is 27.1. The molecule has 0 heterocycles. The van der Waals surface area contributed by atoms with Crippen LogP contribution < -0.4 is 4.74 Å². The Morgan fingerprint density at radius 3 is 2.62 bits per heavy atom. The van der Waals surface area contributed by atoms with Crippen LogP contribution in [0.5, 0.6) is 5.75 Å². The van der Waals surface area contributed by atoms with E-state index in [9.17, 15) is 9.59 Å². The number of carboxylic acid groups (broad SMARTS) is 1. The second-order valence-electron chi connectivity index (χ2n) is 5.37. The minimum Gasteiger partial charge on any atom is -0.478 e. The third-order valence-electron chi connectivity index (χ3n) is 3.10. The highest BCUT2D eigenvalue weighted by Crippen LogP contribution is 2.24. The molecule has 0 saturated carbocycles. The average molecular weight is 390 g/mol. The van der Waals surface area contributed by atoms with Gasteiger partial charge in [0.15, 0.2) is 0 Å². The molecule has 6 heteroatoms. The van der Waals surface area contributed by atoms with Gasteiger partial charge in [0.2, 0.25) is 0 Å². The molecule has 24 heavy (non-hydrogen) atoms. The van der Waals surface area contributed by atoms with Crippen LogP contribution in [-0.4, -0.2) is 23.3 Å². The molecular weight excluding hydrogens is 374 g/mol. The third-order valence-corrected chi connectivity index (χ3v) is 3.59. The number of rotatable bonds is 5. The third kappa shape index (κ3) is 4.76. The van der Waals surface area contributed by atoms with Gasteiger partial charge in [0.1, 0.15) is 5.75 Å². The van der Waals surface area contributed by atoms with Gasteiger partial charge in [0.05, 0.1) is 17.2 Å². The fourth-order valence-electron chi connectivity index (χ4n) is 1.80. The number of nitrogens with zero attached hydrogens (tertiary/aromatic N) is 1. The Labute approximate surface area is 148 Å². The molecule has 5 nitrogen and oxygen atoms in total. The van der Waals surface area contributed by atoms with Gasteiger partial charge in [-0.15, -0.1) is 0 Å². The zero-order valence-electron chi connectivity index (χ0n) is 13.2. The van der Waals surface area contributed by atoms with Crippen molar-refractivity contribution in [2.75, 3.05) is 0 Å². The molecule has 0 aliphatic rings. The fraction of sp³-hybridized carbons (Fsp3) is 0.167. The molecule has 0 aliphatic heterocycles. The maximum atomic E-state index is 11.8. The van der Waals surface area contributed by atoms with E-state index in [4.69, 9.17) is 9.84 Å². The molecule has 0 bridgehead atoms. The first kappa shape index (κ1) is 17.9. The number of benzene rings is 2. The molecule has 2 aromatic rings. The van der Waals surface area contributed by atoms with Gasteiger partial charge < -0.3 is 9.84 Å². The zero-order valence-corrected chi connectivity index (χ0v) is 14.8. The summed E-state index contributed by atoms with van der Waals surface area (Å²) >= 11 is 3.37. The molecule has 0 aromatic heterocycles. The molecule has 0 spiro atoms. The molecule has 2 rings (SSSR count). The van der Waals surface area contributed by atoms with Gasteiger partial charge >= 0.3 is 11.9 Å². The van der Waals surface area contributed by atoms with Crippen LogP contribution in [0.15, 0.2) is 51.9 Å². The molecule has 1 N–H and O–H groups in total. The number of aromatic carboxylic acids is 1. The smallest absolute Gasteiger partial charge is 0.335 e. The Morgan fingerprint density at radius 2 is 1.96 bits per heavy atom. The predicted molar refractivity (Wildman–Crippen MR) is 95.3 cm³/mol. The maximum absolute atomic E-state index is 11.8. The number of carbonyl (C=O) groups is 2. The van der Waals surface area contributed by atoms with E-state index in [1.807, 2.05) is 0 Å². The van der Waals surface area contributed by atoms with Gasteiger partial charge in [-0.05, 0) is 36.4 Å². The van der Waals surface area contributed by atoms with Gasteiger partial charge in [-0.25, -0.2) is 4.79 Å². The minimum absolute atomic E-state index is 0.158. The molecule has 0 saturated heterocycles. The Bertz CT molecular complexity index is 799. The van der Waals surface area contributed by atoms with Crippen LogP contribution in [-0.2, 0) is 4.79 Å². The van der Waals surface area contributed by atoms with Crippen LogP contribution in [0.4, 0.5) is 5.69 Å². The Morgan fingerprint density at radius 1 is 1.21 bits per heavy atom. The first-order valence-corrected chi connectivity index (χ1v) is 8.05. The first-order chi connectivity index (χ1) is 11.4. The number of aliphatic imine (C=N–C) groups is 1.